The third-order valence-corrected chi connectivity index (χ3v) is 17.2. The van der Waals surface area contributed by atoms with E-state index in [1.165, 1.54) is 25.6 Å². The Morgan fingerprint density at radius 2 is 1.73 bits per heavy atom. The van der Waals surface area contributed by atoms with E-state index in [2.05, 4.69) is 46.9 Å². The zero-order valence-corrected chi connectivity index (χ0v) is 43.8. The number of alkyl halides is 1. The fraction of sp³-hybridized carbons (Fsp3) is 0.529. The number of benzene rings is 2. The number of ether oxygens (including phenoxy) is 2. The van der Waals surface area contributed by atoms with E-state index in [0.717, 1.165) is 34.4 Å². The highest BCUT2D eigenvalue weighted by Crippen LogP contribution is 2.72. The van der Waals surface area contributed by atoms with Crippen LogP contribution in [0, 0.1) is 22.7 Å². The van der Waals surface area contributed by atoms with Gasteiger partial charge in [-0.2, -0.15) is 12.6 Å². The monoisotopic (exact) mass is 1070 g/mol. The largest absolute Gasteiger partial charge is 0.481 e. The predicted molar refractivity (Wildman–Crippen MR) is 270 cm³/mol. The molecule has 7 rings (SSSR count). The summed E-state index contributed by atoms with van der Waals surface area (Å²) in [5.74, 6) is -5.36. The van der Waals surface area contributed by atoms with Gasteiger partial charge in [0.25, 0.3) is 0 Å². The molecule has 73 heavy (non-hydrogen) atoms. The van der Waals surface area contributed by atoms with Crippen molar-refractivity contribution in [3.8, 4) is 0 Å². The van der Waals surface area contributed by atoms with Crippen LogP contribution in [0.2, 0.25) is 0 Å². The summed E-state index contributed by atoms with van der Waals surface area (Å²) in [6, 6.07) is 12.3. The summed E-state index contributed by atoms with van der Waals surface area (Å²) < 4.78 is 48.2. The smallest absolute Gasteiger partial charge is 0.470 e. The minimum Gasteiger partial charge on any atom is -0.481 e. The van der Waals surface area contributed by atoms with Crippen LogP contribution in [0.5, 0.6) is 0 Å². The van der Waals surface area contributed by atoms with Gasteiger partial charge in [-0.15, -0.1) is 11.8 Å². The van der Waals surface area contributed by atoms with Gasteiger partial charge in [-0.3, -0.25) is 33.3 Å². The zero-order chi connectivity index (χ0) is 53.3. The van der Waals surface area contributed by atoms with Gasteiger partial charge >= 0.3 is 13.8 Å². The number of Topliss-reactive ketones (excluding diaryl/α,β-unsaturated/α-hetero) is 1. The number of halogens is 1. The van der Waals surface area contributed by atoms with Crippen molar-refractivity contribution in [3.63, 3.8) is 0 Å². The van der Waals surface area contributed by atoms with E-state index in [0.29, 0.717) is 29.8 Å². The van der Waals surface area contributed by atoms with Crippen LogP contribution in [0.1, 0.15) is 97.0 Å². The Bertz CT molecular complexity index is 2630. The lowest BCUT2D eigenvalue weighted by Crippen LogP contribution is -2.69. The maximum absolute atomic E-state index is 18.2. The summed E-state index contributed by atoms with van der Waals surface area (Å²) in [7, 11) is -5.09. The number of hydrogen-bond donors (Lipinski definition) is 9. The van der Waals surface area contributed by atoms with Gasteiger partial charge < -0.3 is 50.7 Å². The molecule has 2 aromatic rings. The van der Waals surface area contributed by atoms with Crippen molar-refractivity contribution in [1.82, 2.24) is 16.0 Å². The number of thioether (sulfide) groups is 1. The molecule has 0 bridgehead atoms. The Morgan fingerprint density at radius 1 is 1.01 bits per heavy atom. The topological polar surface area (TPSA) is 276 Å². The molecule has 2 aromatic carbocycles. The number of fused-ring (bicyclic) bond motifs is 7. The Balaban J connectivity index is 0.971. The number of carbonyl (C=O) groups excluding carboxylic acids is 5. The highest BCUT2D eigenvalue weighted by atomic mass is 32.2. The van der Waals surface area contributed by atoms with Crippen molar-refractivity contribution in [2.24, 2.45) is 22.7 Å². The number of phosphoric ester groups is 1. The van der Waals surface area contributed by atoms with E-state index in [1.54, 1.807) is 37.3 Å². The first-order valence-corrected chi connectivity index (χ1v) is 27.3. The van der Waals surface area contributed by atoms with Crippen molar-refractivity contribution in [3.05, 3.63) is 95.1 Å². The van der Waals surface area contributed by atoms with Crippen LogP contribution >= 0.6 is 32.2 Å². The molecule has 0 radical (unpaired) electrons. The molecule has 1 heterocycles. The van der Waals surface area contributed by atoms with Crippen molar-refractivity contribution in [2.75, 3.05) is 18.5 Å². The number of unbranched alkanes of at least 4 members (excludes halogenated alkanes) is 1. The average molecular weight is 1070 g/mol. The van der Waals surface area contributed by atoms with Gasteiger partial charge in [0.05, 0.1) is 30.4 Å². The van der Waals surface area contributed by atoms with Gasteiger partial charge in [0, 0.05) is 38.6 Å². The van der Waals surface area contributed by atoms with E-state index in [9.17, 15) is 48.2 Å². The highest BCUT2D eigenvalue weighted by Gasteiger charge is 2.79. The molecule has 18 nitrogen and oxygen atoms in total. The summed E-state index contributed by atoms with van der Waals surface area (Å²) >= 11 is 5.37. The second-order valence-corrected chi connectivity index (χ2v) is 22.9. The number of aliphatic carboxylic acids is 1. The molecule has 22 heteroatoms. The normalized spacial score (nSPS) is 30.8. The van der Waals surface area contributed by atoms with E-state index in [4.69, 9.17) is 19.1 Å². The molecular weight excluding hydrogens is 1010 g/mol. The van der Waals surface area contributed by atoms with Crippen molar-refractivity contribution in [1.29, 1.82) is 0 Å². The second-order valence-electron chi connectivity index (χ2n) is 20.0. The number of allylic oxidation sites excluding steroid dienone is 6. The van der Waals surface area contributed by atoms with Crippen LogP contribution < -0.4 is 21.3 Å². The number of aliphatic hydroxyl groups is 1. The minimum atomic E-state index is -5.09. The number of phosphoric acid groups is 1. The number of aliphatic hydroxyl groups excluding tert-OH is 1. The van der Waals surface area contributed by atoms with E-state index < -0.39 is 133 Å². The van der Waals surface area contributed by atoms with E-state index in [-0.39, 0.29) is 12.8 Å². The number of carboxylic acids is 1. The van der Waals surface area contributed by atoms with Crippen LogP contribution in [0.25, 0.3) is 0 Å². The Hall–Kier alpha value is -4.70. The molecule has 8 N–H and O–H groups in total. The van der Waals surface area contributed by atoms with E-state index in [1.807, 2.05) is 43.4 Å². The zero-order valence-electron chi connectivity index (χ0n) is 41.2. The number of nitrogens with one attached hydrogen (secondary N) is 4. The minimum absolute atomic E-state index is 0.172. The molecule has 4 amide bonds. The Kier molecular flexibility index (Phi) is 17.1. The molecule has 4 fully saturated rings. The predicted octanol–water partition coefficient (Wildman–Crippen LogP) is 5.79. The summed E-state index contributed by atoms with van der Waals surface area (Å²) in [6.45, 7) is 7.08. The standard InChI is InChI=1S/C51H64FN4O14PS2/c1-6-7-9-30-18-19-48(4)33(20-30)16-17-36-37-22-41-51(40(58)26-68-71(65,66)67,49(37,5)24-39(57)50(36,48)52)70-47(69-41)32-14-12-31(13-15-32)27-73-35-11-8-10-34(21-35)56-45(63)29(3)55-44(62)28(2)54-42(59)25-53-46(64)38(72)23-43(60)61/h8-15,18-21,28-29,36-39,41,47,57,72H,6-7,16-17,22-27H2,1-5H3,(H,53,64)(H,54,59)(H,55,62)(H,56,63)(H,60,61)(H2,65,66,67)/b30-9+/t28-,29-,36-,37-,38?,39-,41+,47-,48-,49-,50-,51+/m0/s1. The molecule has 1 saturated heterocycles. The molecule has 0 aromatic heterocycles. The van der Waals surface area contributed by atoms with Gasteiger partial charge in [-0.1, -0.05) is 80.5 Å². The summed E-state index contributed by atoms with van der Waals surface area (Å²) in [4.78, 5) is 95.4. The number of hydrogen-bond acceptors (Lipinski definition) is 13. The SMILES string of the molecule is CCC/C=C1\C=C[C@@]2(C)C(=C1)CC[C@H]1[C@@H]3C[C@H]4O[C@H](c5ccc(CSc6cccc(NC(=O)[C@H](C)NC(=O)[C@H](C)NC(=O)CNC(=O)C(S)CC(=O)O)c6)cc5)O[C@@]4(C(=O)COP(=O)(O)O)[C@@]3(C)C[C@H](O)[C@@]12F. The maximum Gasteiger partial charge on any atom is 0.470 e. The average Bonchev–Trinajstić information content (AvgIpc) is 3.84. The van der Waals surface area contributed by atoms with Crippen LogP contribution in [-0.4, -0.2) is 109 Å². The van der Waals surface area contributed by atoms with Crippen LogP contribution in [0.15, 0.2) is 88.9 Å². The number of thiol groups is 1. The van der Waals surface area contributed by atoms with Crippen molar-refractivity contribution >= 4 is 73.3 Å². The third-order valence-electron chi connectivity index (χ3n) is 15.3. The molecule has 396 valence electrons. The van der Waals surface area contributed by atoms with Gasteiger partial charge in [-0.25, -0.2) is 8.96 Å². The molecular formula is C51H64FN4O14PS2. The molecule has 4 aliphatic carbocycles. The van der Waals surface area contributed by atoms with Gasteiger partial charge in [0.15, 0.2) is 23.3 Å². The maximum atomic E-state index is 18.2. The molecule has 1 unspecified atom stereocenters. The first kappa shape index (κ1) is 56.0. The Labute approximate surface area is 432 Å². The number of amides is 4. The quantitative estimate of drug-likeness (QED) is 0.0432. The number of carbonyl (C=O) groups is 6. The van der Waals surface area contributed by atoms with Crippen molar-refractivity contribution in [2.45, 2.75) is 137 Å². The fourth-order valence-corrected chi connectivity index (χ4v) is 12.9. The lowest BCUT2D eigenvalue weighted by molar-refractivity contribution is -0.231. The van der Waals surface area contributed by atoms with Crippen LogP contribution in [0.3, 0.4) is 0 Å². The lowest BCUT2D eigenvalue weighted by atomic mass is 9.44. The Morgan fingerprint density at radius 3 is 2.41 bits per heavy atom. The number of anilines is 1. The number of ketones is 1. The summed E-state index contributed by atoms with van der Waals surface area (Å²) in [6.07, 6.45) is 6.76. The number of carboxylic acid groups (broad SMARTS) is 1. The highest BCUT2D eigenvalue weighted by molar-refractivity contribution is 7.98. The summed E-state index contributed by atoms with van der Waals surface area (Å²) in [5.41, 5.74) is -2.40. The third kappa shape index (κ3) is 11.5. The second kappa shape index (κ2) is 22.3. The fourth-order valence-electron chi connectivity index (χ4n) is 11.5. The lowest BCUT2D eigenvalue weighted by Gasteiger charge is -2.62. The first-order chi connectivity index (χ1) is 34.3. The molecule has 5 aliphatic rings. The van der Waals surface area contributed by atoms with Gasteiger partial charge in [0.1, 0.15) is 18.7 Å². The van der Waals surface area contributed by atoms with Gasteiger partial charge in [0.2, 0.25) is 23.6 Å². The van der Waals surface area contributed by atoms with Crippen LogP contribution in [0.4, 0.5) is 10.1 Å². The number of rotatable bonds is 20. The molecule has 1 aliphatic heterocycles. The van der Waals surface area contributed by atoms with Crippen LogP contribution in [-0.2, 0) is 53.1 Å². The van der Waals surface area contributed by atoms with Gasteiger partial charge in [-0.05, 0) is 88.1 Å². The first-order valence-electron chi connectivity index (χ1n) is 24.3. The summed E-state index contributed by atoms with van der Waals surface area (Å²) in [5, 5.41) is 29.7. The molecule has 12 atom stereocenters. The van der Waals surface area contributed by atoms with E-state index >= 15 is 4.39 Å². The molecule has 3 saturated carbocycles. The van der Waals surface area contributed by atoms with Crippen molar-refractivity contribution < 1.29 is 71.7 Å². The molecule has 0 spiro atoms.